The van der Waals surface area contributed by atoms with Crippen LogP contribution in [0.5, 0.6) is 0 Å². The molecular formula is C23H27N3O2. The summed E-state index contributed by atoms with van der Waals surface area (Å²) in [5.74, 6) is -0.202. The van der Waals surface area contributed by atoms with Crippen LogP contribution < -0.4 is 10.2 Å². The van der Waals surface area contributed by atoms with Gasteiger partial charge in [0, 0.05) is 44.3 Å². The Labute approximate surface area is 166 Å². The normalized spacial score (nSPS) is 21.1. The van der Waals surface area contributed by atoms with Gasteiger partial charge >= 0.3 is 0 Å². The molecule has 1 N–H and O–H groups in total. The molecule has 2 aromatic rings. The Kier molecular flexibility index (Phi) is 5.72. The van der Waals surface area contributed by atoms with Crippen molar-refractivity contribution >= 4 is 17.5 Å². The van der Waals surface area contributed by atoms with Crippen LogP contribution in [0.25, 0.3) is 0 Å². The summed E-state index contributed by atoms with van der Waals surface area (Å²) in [6.07, 6.45) is 2.22. The molecule has 146 valence electrons. The van der Waals surface area contributed by atoms with Crippen LogP contribution >= 0.6 is 0 Å². The second-order valence-corrected chi connectivity index (χ2v) is 7.79. The van der Waals surface area contributed by atoms with Gasteiger partial charge in [-0.1, -0.05) is 48.5 Å². The highest BCUT2D eigenvalue weighted by Gasteiger charge is 2.36. The van der Waals surface area contributed by atoms with E-state index in [0.29, 0.717) is 13.0 Å². The molecule has 0 aliphatic carbocycles. The van der Waals surface area contributed by atoms with E-state index in [-0.39, 0.29) is 23.8 Å². The number of nitrogens with zero attached hydrogens (tertiary/aromatic N) is 2. The van der Waals surface area contributed by atoms with Crippen LogP contribution in [0.1, 0.15) is 24.8 Å². The summed E-state index contributed by atoms with van der Waals surface area (Å²) in [7, 11) is 0. The van der Waals surface area contributed by atoms with Gasteiger partial charge in [-0.15, -0.1) is 0 Å². The average molecular weight is 377 g/mol. The molecule has 2 saturated heterocycles. The maximum absolute atomic E-state index is 12.7. The van der Waals surface area contributed by atoms with E-state index in [1.807, 2.05) is 36.4 Å². The van der Waals surface area contributed by atoms with Gasteiger partial charge in [0.15, 0.2) is 0 Å². The van der Waals surface area contributed by atoms with Crippen LogP contribution in [-0.4, -0.2) is 42.4 Å². The number of benzene rings is 2. The van der Waals surface area contributed by atoms with Gasteiger partial charge in [-0.25, -0.2) is 0 Å². The number of rotatable bonds is 5. The summed E-state index contributed by atoms with van der Waals surface area (Å²) in [4.78, 5) is 29.2. The Balaban J connectivity index is 1.25. The van der Waals surface area contributed by atoms with E-state index < -0.39 is 0 Å². The molecule has 2 aliphatic rings. The lowest BCUT2D eigenvalue weighted by atomic mass is 10.0. The number of piperidine rings is 1. The van der Waals surface area contributed by atoms with Gasteiger partial charge in [0.25, 0.3) is 0 Å². The van der Waals surface area contributed by atoms with Gasteiger partial charge in [0.05, 0.1) is 5.92 Å². The minimum Gasteiger partial charge on any atom is -0.353 e. The van der Waals surface area contributed by atoms with Crippen LogP contribution in [-0.2, 0) is 16.1 Å². The number of likely N-dealkylation sites (tertiary alicyclic amines) is 1. The van der Waals surface area contributed by atoms with E-state index in [1.54, 1.807) is 4.90 Å². The molecule has 4 rings (SSSR count). The molecule has 2 fully saturated rings. The third kappa shape index (κ3) is 4.42. The number of nitrogens with one attached hydrogen (secondary N) is 1. The molecule has 0 aromatic heterocycles. The van der Waals surface area contributed by atoms with Crippen LogP contribution in [0.2, 0.25) is 0 Å². The first-order valence-corrected chi connectivity index (χ1v) is 10.1. The lowest BCUT2D eigenvalue weighted by molar-refractivity contribution is -0.127. The summed E-state index contributed by atoms with van der Waals surface area (Å²) in [5.41, 5.74) is 2.20. The topological polar surface area (TPSA) is 52.7 Å². The highest BCUT2D eigenvalue weighted by molar-refractivity contribution is 6.00. The highest BCUT2D eigenvalue weighted by atomic mass is 16.2. The Morgan fingerprint density at radius 2 is 1.61 bits per heavy atom. The molecule has 2 amide bonds. The van der Waals surface area contributed by atoms with Gasteiger partial charge in [0.2, 0.25) is 11.8 Å². The summed E-state index contributed by atoms with van der Waals surface area (Å²) >= 11 is 0. The van der Waals surface area contributed by atoms with Crippen molar-refractivity contribution in [2.75, 3.05) is 24.5 Å². The van der Waals surface area contributed by atoms with E-state index in [2.05, 4.69) is 34.5 Å². The molecule has 0 bridgehead atoms. The van der Waals surface area contributed by atoms with Crippen LogP contribution in [0.3, 0.4) is 0 Å². The molecular weight excluding hydrogens is 350 g/mol. The molecule has 2 heterocycles. The van der Waals surface area contributed by atoms with Crippen molar-refractivity contribution in [2.24, 2.45) is 5.92 Å². The third-order valence-electron chi connectivity index (χ3n) is 5.75. The number of hydrogen-bond acceptors (Lipinski definition) is 3. The standard InChI is InChI=1S/C23H27N3O2/c27-22-15-19(17-26(22)21-9-5-2-6-10-21)23(28)24-20-11-13-25(14-12-20)16-18-7-3-1-4-8-18/h1-10,19-20H,11-17H2,(H,24,28)/t19-/m1/s1. The molecule has 0 unspecified atom stereocenters. The van der Waals surface area contributed by atoms with Crippen molar-refractivity contribution in [3.63, 3.8) is 0 Å². The Bertz CT molecular complexity index is 801. The van der Waals surface area contributed by atoms with Gasteiger partial charge in [-0.05, 0) is 30.5 Å². The predicted octanol–water partition coefficient (Wildman–Crippen LogP) is 2.82. The number of hydrogen-bond donors (Lipinski definition) is 1. The number of carbonyl (C=O) groups is 2. The molecule has 0 radical (unpaired) electrons. The van der Waals surface area contributed by atoms with Crippen LogP contribution in [0, 0.1) is 5.92 Å². The van der Waals surface area contributed by atoms with E-state index in [4.69, 9.17) is 0 Å². The lowest BCUT2D eigenvalue weighted by Crippen LogP contribution is -2.46. The SMILES string of the molecule is O=C(NC1CCN(Cc2ccccc2)CC1)[C@@H]1CC(=O)N(c2ccccc2)C1. The minimum atomic E-state index is -0.255. The van der Waals surface area contributed by atoms with E-state index in [9.17, 15) is 9.59 Å². The zero-order chi connectivity index (χ0) is 19.3. The first kappa shape index (κ1) is 18.7. The Morgan fingerprint density at radius 3 is 2.29 bits per heavy atom. The first-order valence-electron chi connectivity index (χ1n) is 10.1. The quantitative estimate of drug-likeness (QED) is 0.872. The summed E-state index contributed by atoms with van der Waals surface area (Å²) < 4.78 is 0. The summed E-state index contributed by atoms with van der Waals surface area (Å²) in [5, 5.41) is 3.19. The van der Waals surface area contributed by atoms with Gasteiger partial charge in [-0.3, -0.25) is 14.5 Å². The fourth-order valence-electron chi connectivity index (χ4n) is 4.14. The van der Waals surface area contributed by atoms with Crippen molar-refractivity contribution in [2.45, 2.75) is 31.8 Å². The first-order chi connectivity index (χ1) is 13.7. The molecule has 28 heavy (non-hydrogen) atoms. The molecule has 2 aromatic carbocycles. The summed E-state index contributed by atoms with van der Waals surface area (Å²) in [6, 6.07) is 20.3. The van der Waals surface area contributed by atoms with Crippen molar-refractivity contribution in [3.05, 3.63) is 66.2 Å². The predicted molar refractivity (Wildman–Crippen MR) is 110 cm³/mol. The zero-order valence-corrected chi connectivity index (χ0v) is 16.1. The number of para-hydroxylation sites is 1. The Hall–Kier alpha value is -2.66. The van der Waals surface area contributed by atoms with Crippen molar-refractivity contribution in [1.29, 1.82) is 0 Å². The zero-order valence-electron chi connectivity index (χ0n) is 16.1. The lowest BCUT2D eigenvalue weighted by Gasteiger charge is -2.32. The second kappa shape index (κ2) is 8.57. The van der Waals surface area contributed by atoms with E-state index in [0.717, 1.165) is 38.2 Å². The molecule has 2 aliphatic heterocycles. The highest BCUT2D eigenvalue weighted by Crippen LogP contribution is 2.25. The van der Waals surface area contributed by atoms with E-state index >= 15 is 0 Å². The molecule has 5 heteroatoms. The van der Waals surface area contributed by atoms with Crippen molar-refractivity contribution in [1.82, 2.24) is 10.2 Å². The molecule has 0 spiro atoms. The maximum Gasteiger partial charge on any atom is 0.227 e. The molecule has 5 nitrogen and oxygen atoms in total. The maximum atomic E-state index is 12.7. The fourth-order valence-corrected chi connectivity index (χ4v) is 4.14. The van der Waals surface area contributed by atoms with Gasteiger partial charge in [0.1, 0.15) is 0 Å². The van der Waals surface area contributed by atoms with Crippen molar-refractivity contribution in [3.8, 4) is 0 Å². The van der Waals surface area contributed by atoms with E-state index in [1.165, 1.54) is 5.56 Å². The smallest absolute Gasteiger partial charge is 0.227 e. The number of carbonyl (C=O) groups excluding carboxylic acids is 2. The monoisotopic (exact) mass is 377 g/mol. The average Bonchev–Trinajstić information content (AvgIpc) is 3.13. The van der Waals surface area contributed by atoms with Gasteiger partial charge in [-0.2, -0.15) is 0 Å². The Morgan fingerprint density at radius 1 is 0.964 bits per heavy atom. The second-order valence-electron chi connectivity index (χ2n) is 7.79. The number of amides is 2. The van der Waals surface area contributed by atoms with Crippen molar-refractivity contribution < 1.29 is 9.59 Å². The number of anilines is 1. The molecule has 0 saturated carbocycles. The third-order valence-corrected chi connectivity index (χ3v) is 5.75. The van der Waals surface area contributed by atoms with Crippen LogP contribution in [0.4, 0.5) is 5.69 Å². The summed E-state index contributed by atoms with van der Waals surface area (Å²) in [6.45, 7) is 3.41. The molecule has 1 atom stereocenters. The minimum absolute atomic E-state index is 0.0216. The van der Waals surface area contributed by atoms with Gasteiger partial charge < -0.3 is 10.2 Å². The fraction of sp³-hybridized carbons (Fsp3) is 0.391. The largest absolute Gasteiger partial charge is 0.353 e. The van der Waals surface area contributed by atoms with Crippen LogP contribution in [0.15, 0.2) is 60.7 Å².